The van der Waals surface area contributed by atoms with E-state index in [1.54, 1.807) is 25.3 Å². The summed E-state index contributed by atoms with van der Waals surface area (Å²) in [6.45, 7) is 10.1. The van der Waals surface area contributed by atoms with Crippen LogP contribution >= 0.6 is 0 Å². The summed E-state index contributed by atoms with van der Waals surface area (Å²) in [6, 6.07) is 7.61. The summed E-state index contributed by atoms with van der Waals surface area (Å²) in [5.74, 6) is 0.499. The number of carbonyl (C=O) groups excluding carboxylic acids is 1. The molecule has 33 heavy (non-hydrogen) atoms. The highest BCUT2D eigenvalue weighted by molar-refractivity contribution is 5.65. The van der Waals surface area contributed by atoms with Crippen LogP contribution in [0.4, 0.5) is 5.69 Å². The molecule has 0 aliphatic heterocycles. The fourth-order valence-corrected chi connectivity index (χ4v) is 4.01. The number of hydrogen-bond donors (Lipinski definition) is 1. The van der Waals surface area contributed by atoms with Gasteiger partial charge in [0, 0.05) is 20.2 Å². The van der Waals surface area contributed by atoms with Gasteiger partial charge in [0.15, 0.2) is 5.75 Å². The number of aliphatic hydroxyl groups is 1. The Balaban J connectivity index is 0.000000640. The standard InChI is InChI=1S/C16H22N2O2.C8H16.C3H8O2/c1-4-6-14(7-5-2)18(3)15-10-13(11-17)8-9-16(15)20-12-19;1-8(2)6-4-3-5-7-8;1-5-3-2-4/h8-10,12,14H,4-7H2,1-3H3;3-7H2,1-2H3;4H,2-3H2,1H3. The Morgan fingerprint density at radius 2 is 1.79 bits per heavy atom. The average Bonchev–Trinajstić information content (AvgIpc) is 2.80. The van der Waals surface area contributed by atoms with E-state index in [9.17, 15) is 4.79 Å². The SMILES string of the molecule is CC1(C)CCCCC1.CCCC(CCC)N(C)c1cc(C#N)ccc1OC=O.COCCO. The lowest BCUT2D eigenvalue weighted by Crippen LogP contribution is -2.31. The Bertz CT molecular complexity index is 669. The molecule has 1 aromatic carbocycles. The molecule has 0 aromatic heterocycles. The van der Waals surface area contributed by atoms with Crippen LogP contribution < -0.4 is 9.64 Å². The first-order chi connectivity index (χ1) is 15.8. The lowest BCUT2D eigenvalue weighted by atomic mass is 9.78. The lowest BCUT2D eigenvalue weighted by molar-refractivity contribution is -0.120. The first-order valence-corrected chi connectivity index (χ1v) is 12.3. The summed E-state index contributed by atoms with van der Waals surface area (Å²) < 4.78 is 9.47. The van der Waals surface area contributed by atoms with Crippen molar-refractivity contribution in [2.75, 3.05) is 32.3 Å². The van der Waals surface area contributed by atoms with Crippen molar-refractivity contribution in [1.82, 2.24) is 0 Å². The molecule has 0 atom stereocenters. The van der Waals surface area contributed by atoms with E-state index in [1.165, 1.54) is 32.1 Å². The number of methoxy groups -OCH3 is 1. The number of carbonyl (C=O) groups is 1. The topological polar surface area (TPSA) is 82.8 Å². The van der Waals surface area contributed by atoms with Crippen LogP contribution in [0.2, 0.25) is 0 Å². The predicted molar refractivity (Wildman–Crippen MR) is 136 cm³/mol. The molecule has 2 rings (SSSR count). The van der Waals surface area contributed by atoms with Gasteiger partial charge in [0.25, 0.3) is 6.47 Å². The van der Waals surface area contributed by atoms with Gasteiger partial charge in [-0.3, -0.25) is 4.79 Å². The molecular weight excluding hydrogens is 416 g/mol. The molecule has 0 saturated heterocycles. The van der Waals surface area contributed by atoms with Gasteiger partial charge in [-0.1, -0.05) is 59.8 Å². The molecule has 6 heteroatoms. The monoisotopic (exact) mass is 462 g/mol. The molecule has 1 saturated carbocycles. The normalized spacial score (nSPS) is 14.2. The van der Waals surface area contributed by atoms with Gasteiger partial charge in [0.1, 0.15) is 0 Å². The van der Waals surface area contributed by atoms with E-state index >= 15 is 0 Å². The molecule has 1 fully saturated rings. The predicted octanol–water partition coefficient (Wildman–Crippen LogP) is 6.10. The summed E-state index contributed by atoms with van der Waals surface area (Å²) in [5.41, 5.74) is 2.04. The Kier molecular flexibility index (Phi) is 17.2. The molecule has 0 amide bonds. The van der Waals surface area contributed by atoms with Crippen molar-refractivity contribution in [3.8, 4) is 11.8 Å². The molecule has 0 bridgehead atoms. The van der Waals surface area contributed by atoms with Gasteiger partial charge >= 0.3 is 0 Å². The second kappa shape index (κ2) is 18.3. The van der Waals surface area contributed by atoms with Crippen LogP contribution in [-0.4, -0.2) is 45.0 Å². The van der Waals surface area contributed by atoms with Crippen molar-refractivity contribution in [2.45, 2.75) is 91.5 Å². The average molecular weight is 463 g/mol. The van der Waals surface area contributed by atoms with Crippen molar-refractivity contribution < 1.29 is 19.4 Å². The van der Waals surface area contributed by atoms with Crippen LogP contribution in [0.1, 0.15) is 91.0 Å². The smallest absolute Gasteiger partial charge is 0.298 e. The number of benzene rings is 1. The molecule has 1 aliphatic rings. The van der Waals surface area contributed by atoms with Crippen molar-refractivity contribution >= 4 is 12.2 Å². The molecule has 0 unspecified atom stereocenters. The van der Waals surface area contributed by atoms with Crippen molar-refractivity contribution in [3.63, 3.8) is 0 Å². The van der Waals surface area contributed by atoms with Gasteiger partial charge in [-0.15, -0.1) is 0 Å². The molecule has 1 aromatic rings. The zero-order chi connectivity index (χ0) is 25.1. The summed E-state index contributed by atoms with van der Waals surface area (Å²) in [4.78, 5) is 12.7. The zero-order valence-electron chi connectivity index (χ0n) is 21.7. The molecule has 188 valence electrons. The second-order valence-corrected chi connectivity index (χ2v) is 9.29. The summed E-state index contributed by atoms with van der Waals surface area (Å²) in [6.07, 6.45) is 11.6. The molecule has 1 N–H and O–H groups in total. The molecule has 1 aliphatic carbocycles. The van der Waals surface area contributed by atoms with Crippen molar-refractivity contribution in [2.24, 2.45) is 5.41 Å². The van der Waals surface area contributed by atoms with Crippen molar-refractivity contribution in [1.29, 1.82) is 5.26 Å². The summed E-state index contributed by atoms with van der Waals surface area (Å²) >= 11 is 0. The zero-order valence-corrected chi connectivity index (χ0v) is 21.7. The van der Waals surface area contributed by atoms with Gasteiger partial charge in [0.2, 0.25) is 0 Å². The summed E-state index contributed by atoms with van der Waals surface area (Å²) in [5, 5.41) is 17.0. The Labute approximate surface area is 201 Å². The van der Waals surface area contributed by atoms with E-state index in [0.29, 0.717) is 35.8 Å². The Morgan fingerprint density at radius 1 is 1.18 bits per heavy atom. The third kappa shape index (κ3) is 13.3. The highest BCUT2D eigenvalue weighted by Gasteiger charge is 2.20. The third-order valence-electron chi connectivity index (χ3n) is 5.94. The van der Waals surface area contributed by atoms with E-state index < -0.39 is 0 Å². The molecule has 0 heterocycles. The number of rotatable bonds is 10. The van der Waals surface area contributed by atoms with Crippen molar-refractivity contribution in [3.05, 3.63) is 23.8 Å². The minimum atomic E-state index is 0.122. The minimum Gasteiger partial charge on any atom is -0.427 e. The van der Waals surface area contributed by atoms with Gasteiger partial charge in [-0.05, 0) is 49.3 Å². The van der Waals surface area contributed by atoms with Crippen LogP contribution in [0.15, 0.2) is 18.2 Å². The van der Waals surface area contributed by atoms with Gasteiger partial charge in [-0.2, -0.15) is 5.26 Å². The minimum absolute atomic E-state index is 0.122. The first-order valence-electron chi connectivity index (χ1n) is 12.3. The van der Waals surface area contributed by atoms with E-state index in [2.05, 4.69) is 43.4 Å². The van der Waals surface area contributed by atoms with Gasteiger partial charge < -0.3 is 19.5 Å². The molecular formula is C27H46N2O4. The quantitative estimate of drug-likeness (QED) is 0.423. The summed E-state index contributed by atoms with van der Waals surface area (Å²) in [7, 11) is 3.54. The lowest BCUT2D eigenvalue weighted by Gasteiger charge is -2.31. The molecule has 0 radical (unpaired) electrons. The third-order valence-corrected chi connectivity index (χ3v) is 5.94. The van der Waals surface area contributed by atoms with Crippen LogP contribution in [0.5, 0.6) is 5.75 Å². The molecule has 6 nitrogen and oxygen atoms in total. The van der Waals surface area contributed by atoms with E-state index in [-0.39, 0.29) is 6.61 Å². The number of ether oxygens (including phenoxy) is 2. The highest BCUT2D eigenvalue weighted by atomic mass is 16.5. The van der Waals surface area contributed by atoms with Gasteiger partial charge in [-0.25, -0.2) is 0 Å². The maximum Gasteiger partial charge on any atom is 0.298 e. The maximum atomic E-state index is 10.6. The molecule has 0 spiro atoms. The number of hydrogen-bond acceptors (Lipinski definition) is 6. The van der Waals surface area contributed by atoms with Crippen LogP contribution in [-0.2, 0) is 9.53 Å². The fourth-order valence-electron chi connectivity index (χ4n) is 4.01. The van der Waals surface area contributed by atoms with Crippen LogP contribution in [0, 0.1) is 16.7 Å². The van der Waals surface area contributed by atoms with E-state index in [4.69, 9.17) is 15.1 Å². The Hall–Kier alpha value is -2.10. The largest absolute Gasteiger partial charge is 0.427 e. The van der Waals surface area contributed by atoms with Gasteiger partial charge in [0.05, 0.1) is 30.5 Å². The highest BCUT2D eigenvalue weighted by Crippen LogP contribution is 2.34. The number of nitriles is 1. The van der Waals surface area contributed by atoms with E-state index in [0.717, 1.165) is 31.4 Å². The van der Waals surface area contributed by atoms with Crippen LogP contribution in [0.3, 0.4) is 0 Å². The fraction of sp³-hybridized carbons (Fsp3) is 0.704. The number of aliphatic hydroxyl groups excluding tert-OH is 1. The second-order valence-electron chi connectivity index (χ2n) is 9.29. The first kappa shape index (κ1) is 30.9. The number of nitrogens with zero attached hydrogens (tertiary/aromatic N) is 2. The Morgan fingerprint density at radius 3 is 2.15 bits per heavy atom. The number of anilines is 1. The van der Waals surface area contributed by atoms with Crippen LogP contribution in [0.25, 0.3) is 0 Å². The van der Waals surface area contributed by atoms with E-state index in [1.807, 2.05) is 7.05 Å². The maximum absolute atomic E-state index is 10.6.